The molecule has 2 saturated heterocycles. The van der Waals surface area contributed by atoms with E-state index in [0.717, 1.165) is 11.8 Å². The van der Waals surface area contributed by atoms with Crippen LogP contribution in [0.2, 0.25) is 0 Å². The molecule has 0 aromatic carbocycles. The van der Waals surface area contributed by atoms with Crippen molar-refractivity contribution in [3.8, 4) is 0 Å². The number of hydrogen-bond donors (Lipinski definition) is 7. The molecule has 2 heterocycles. The molecule has 142 valence electrons. The third kappa shape index (κ3) is 4.02. The second kappa shape index (κ2) is 8.56. The summed E-state index contributed by atoms with van der Waals surface area (Å²) in [5, 5.41) is 68.0. The minimum atomic E-state index is -1.50. The third-order valence-corrected chi connectivity index (χ3v) is 5.41. The van der Waals surface area contributed by atoms with E-state index in [9.17, 15) is 30.6 Å². The van der Waals surface area contributed by atoms with E-state index in [1.54, 1.807) is 0 Å². The molecule has 2 fully saturated rings. The molecule has 0 bridgehead atoms. The Labute approximate surface area is 142 Å². The van der Waals surface area contributed by atoms with Gasteiger partial charge in [0, 0.05) is 12.9 Å². The maximum Gasteiger partial charge on any atom is 0.186 e. The van der Waals surface area contributed by atoms with Gasteiger partial charge in [0.05, 0.1) is 12.7 Å². The van der Waals surface area contributed by atoms with Crippen LogP contribution < -0.4 is 0 Å². The van der Waals surface area contributed by atoms with Gasteiger partial charge < -0.3 is 50.0 Å². The summed E-state index contributed by atoms with van der Waals surface area (Å²) in [4.78, 5) is 0. The van der Waals surface area contributed by atoms with Crippen LogP contribution in [0.15, 0.2) is 0 Å². The molecule has 0 aromatic heterocycles. The number of ether oxygens (including phenoxy) is 3. The van der Waals surface area contributed by atoms with E-state index in [1.807, 2.05) is 0 Å². The molecule has 0 aromatic rings. The van der Waals surface area contributed by atoms with Gasteiger partial charge in [-0.3, -0.25) is 0 Å². The van der Waals surface area contributed by atoms with Crippen molar-refractivity contribution < 1.29 is 50.0 Å². The van der Waals surface area contributed by atoms with Crippen molar-refractivity contribution >= 4 is 11.8 Å². The average molecular weight is 372 g/mol. The van der Waals surface area contributed by atoms with E-state index in [2.05, 4.69) is 0 Å². The lowest BCUT2D eigenvalue weighted by Gasteiger charge is -2.42. The molecule has 0 saturated carbocycles. The summed E-state index contributed by atoms with van der Waals surface area (Å²) >= 11 is 0.969. The standard InChI is InChI=1S/C13H24O10S/c1-21-12-10(19)8(17)7(16)5(22-12)3-24-13-11(20)9(18)6(15)4(2-14)23-13/h4-20H,2-3H2,1H3. The zero-order chi connectivity index (χ0) is 18.0. The molecule has 10 nitrogen and oxygen atoms in total. The molecule has 0 amide bonds. The highest BCUT2D eigenvalue weighted by molar-refractivity contribution is 7.99. The SMILES string of the molecule is COC1OC(CSC2OC(CO)C(O)C(O)C2O)C(O)C(O)C1O. The predicted molar refractivity (Wildman–Crippen MR) is 79.9 cm³/mol. The zero-order valence-electron chi connectivity index (χ0n) is 13.0. The molecule has 0 spiro atoms. The van der Waals surface area contributed by atoms with Crippen molar-refractivity contribution in [1.82, 2.24) is 0 Å². The smallest absolute Gasteiger partial charge is 0.186 e. The van der Waals surface area contributed by atoms with Crippen LogP contribution in [0.1, 0.15) is 0 Å². The molecule has 10 atom stereocenters. The number of hydrogen-bond acceptors (Lipinski definition) is 11. The van der Waals surface area contributed by atoms with Crippen LogP contribution in [-0.2, 0) is 14.2 Å². The molecule has 7 N–H and O–H groups in total. The summed E-state index contributed by atoms with van der Waals surface area (Å²) in [6, 6.07) is 0. The normalized spacial score (nSPS) is 50.0. The summed E-state index contributed by atoms with van der Waals surface area (Å²) < 4.78 is 15.6. The molecule has 24 heavy (non-hydrogen) atoms. The van der Waals surface area contributed by atoms with E-state index in [1.165, 1.54) is 7.11 Å². The monoisotopic (exact) mass is 372 g/mol. The summed E-state index contributed by atoms with van der Waals surface area (Å²) in [7, 11) is 1.28. The lowest BCUT2D eigenvalue weighted by atomic mass is 10.00. The first kappa shape index (κ1) is 20.3. The van der Waals surface area contributed by atoms with Gasteiger partial charge in [-0.2, -0.15) is 0 Å². The van der Waals surface area contributed by atoms with Gasteiger partial charge in [-0.1, -0.05) is 0 Å². The fourth-order valence-electron chi connectivity index (χ4n) is 2.64. The predicted octanol–water partition coefficient (Wildman–Crippen LogP) is -4.03. The van der Waals surface area contributed by atoms with E-state index >= 15 is 0 Å². The van der Waals surface area contributed by atoms with Crippen LogP contribution in [0.3, 0.4) is 0 Å². The fourth-order valence-corrected chi connectivity index (χ4v) is 3.88. The van der Waals surface area contributed by atoms with Crippen molar-refractivity contribution in [3.63, 3.8) is 0 Å². The van der Waals surface area contributed by atoms with Crippen molar-refractivity contribution in [2.75, 3.05) is 19.5 Å². The molecule has 0 aliphatic carbocycles. The minimum Gasteiger partial charge on any atom is -0.394 e. The number of aliphatic hydroxyl groups is 7. The Morgan fingerprint density at radius 1 is 0.792 bits per heavy atom. The Balaban J connectivity index is 1.96. The van der Waals surface area contributed by atoms with Gasteiger partial charge >= 0.3 is 0 Å². The van der Waals surface area contributed by atoms with Gasteiger partial charge in [0.15, 0.2) is 6.29 Å². The maximum absolute atomic E-state index is 9.97. The Bertz CT molecular complexity index is 361. The lowest BCUT2D eigenvalue weighted by Crippen LogP contribution is -2.60. The topological polar surface area (TPSA) is 169 Å². The lowest BCUT2D eigenvalue weighted by molar-refractivity contribution is -0.285. The molecular weight excluding hydrogens is 348 g/mol. The summed E-state index contributed by atoms with van der Waals surface area (Å²) in [5.74, 6) is 0.0352. The molecule has 2 aliphatic heterocycles. The highest BCUT2D eigenvalue weighted by Gasteiger charge is 2.46. The Kier molecular flexibility index (Phi) is 7.22. The van der Waals surface area contributed by atoms with Crippen molar-refractivity contribution in [3.05, 3.63) is 0 Å². The first-order chi connectivity index (χ1) is 11.3. The van der Waals surface area contributed by atoms with Crippen LogP contribution in [0.4, 0.5) is 0 Å². The number of aliphatic hydroxyl groups excluding tert-OH is 7. The fraction of sp³-hybridized carbons (Fsp3) is 1.00. The van der Waals surface area contributed by atoms with Gasteiger partial charge in [0.2, 0.25) is 0 Å². The number of rotatable bonds is 5. The maximum atomic E-state index is 9.97. The zero-order valence-corrected chi connectivity index (χ0v) is 13.8. The summed E-state index contributed by atoms with van der Waals surface area (Å²) in [6.45, 7) is -0.540. The molecule has 11 heteroatoms. The molecule has 2 rings (SSSR count). The highest BCUT2D eigenvalue weighted by atomic mass is 32.2. The Hall–Kier alpha value is -0.0500. The molecule has 10 unspecified atom stereocenters. The Morgan fingerprint density at radius 3 is 1.96 bits per heavy atom. The van der Waals surface area contributed by atoms with Gasteiger partial charge in [-0.05, 0) is 0 Å². The van der Waals surface area contributed by atoms with E-state index < -0.39 is 67.2 Å². The van der Waals surface area contributed by atoms with Crippen molar-refractivity contribution in [2.24, 2.45) is 0 Å². The summed E-state index contributed by atoms with van der Waals surface area (Å²) in [5.41, 5.74) is -0.985. The number of thioether (sulfide) groups is 1. The first-order valence-electron chi connectivity index (χ1n) is 7.46. The van der Waals surface area contributed by atoms with Crippen LogP contribution >= 0.6 is 11.8 Å². The van der Waals surface area contributed by atoms with E-state index in [0.29, 0.717) is 0 Å². The van der Waals surface area contributed by atoms with Gasteiger partial charge in [0.1, 0.15) is 48.2 Å². The van der Waals surface area contributed by atoms with Gasteiger partial charge in [0.25, 0.3) is 0 Å². The Morgan fingerprint density at radius 2 is 1.38 bits per heavy atom. The minimum absolute atomic E-state index is 0.0352. The van der Waals surface area contributed by atoms with Crippen LogP contribution in [0.25, 0.3) is 0 Å². The highest BCUT2D eigenvalue weighted by Crippen LogP contribution is 2.31. The molecule has 2 aliphatic rings. The second-order valence-corrected chi connectivity index (χ2v) is 6.91. The van der Waals surface area contributed by atoms with Crippen LogP contribution in [0.5, 0.6) is 0 Å². The second-order valence-electron chi connectivity index (χ2n) is 5.78. The van der Waals surface area contributed by atoms with E-state index in [4.69, 9.17) is 19.3 Å². The summed E-state index contributed by atoms with van der Waals surface area (Å²) in [6.07, 6.45) is -11.7. The van der Waals surface area contributed by atoms with Crippen molar-refractivity contribution in [1.29, 1.82) is 0 Å². The molecular formula is C13H24O10S. The quantitative estimate of drug-likeness (QED) is 0.251. The first-order valence-corrected chi connectivity index (χ1v) is 8.51. The van der Waals surface area contributed by atoms with Crippen LogP contribution in [0, 0.1) is 0 Å². The van der Waals surface area contributed by atoms with Gasteiger partial charge in [-0.15, -0.1) is 11.8 Å². The third-order valence-electron chi connectivity index (χ3n) is 4.17. The van der Waals surface area contributed by atoms with E-state index in [-0.39, 0.29) is 5.75 Å². The number of methoxy groups -OCH3 is 1. The molecule has 0 radical (unpaired) electrons. The van der Waals surface area contributed by atoms with Crippen molar-refractivity contribution in [2.45, 2.75) is 60.6 Å². The largest absolute Gasteiger partial charge is 0.394 e. The van der Waals surface area contributed by atoms with Gasteiger partial charge in [-0.25, -0.2) is 0 Å². The average Bonchev–Trinajstić information content (AvgIpc) is 2.58. The van der Waals surface area contributed by atoms with Crippen LogP contribution in [-0.4, -0.2) is 116 Å².